The molecule has 0 heterocycles. The highest BCUT2D eigenvalue weighted by Crippen LogP contribution is 2.31. The van der Waals surface area contributed by atoms with E-state index in [2.05, 4.69) is 9.44 Å². The molecule has 0 saturated heterocycles. The number of benzene rings is 4. The molecule has 2 N–H and O–H groups in total. The third-order valence-electron chi connectivity index (χ3n) is 5.11. The van der Waals surface area contributed by atoms with Crippen molar-refractivity contribution in [3.8, 4) is 11.5 Å². The van der Waals surface area contributed by atoms with Crippen molar-refractivity contribution in [2.45, 2.75) is 9.79 Å². The molecule has 0 aliphatic heterocycles. The van der Waals surface area contributed by atoms with Crippen LogP contribution in [-0.2, 0) is 20.0 Å². The molecule has 4 aromatic carbocycles. The Balaban J connectivity index is 1.72. The summed E-state index contributed by atoms with van der Waals surface area (Å²) in [5.41, 5.74) is 0.700. The zero-order valence-corrected chi connectivity index (χ0v) is 20.0. The molecule has 8 nitrogen and oxygen atoms in total. The fraction of sp³-hybridized carbons (Fsp3) is 0.0833. The summed E-state index contributed by atoms with van der Waals surface area (Å²) in [5.74, 6) is 1.18. The van der Waals surface area contributed by atoms with Gasteiger partial charge in [-0.1, -0.05) is 24.3 Å². The third kappa shape index (κ3) is 4.78. The zero-order valence-electron chi connectivity index (χ0n) is 18.3. The van der Waals surface area contributed by atoms with Crippen molar-refractivity contribution in [3.05, 3.63) is 84.9 Å². The highest BCUT2D eigenvalue weighted by Gasteiger charge is 2.22. The molecule has 0 aliphatic carbocycles. The summed E-state index contributed by atoms with van der Waals surface area (Å²) >= 11 is 0. The smallest absolute Gasteiger partial charge is 0.262 e. The van der Waals surface area contributed by atoms with Crippen molar-refractivity contribution in [1.29, 1.82) is 0 Å². The molecule has 10 heteroatoms. The van der Waals surface area contributed by atoms with Crippen molar-refractivity contribution < 1.29 is 26.3 Å². The molecule has 0 aromatic heterocycles. The average molecular weight is 499 g/mol. The predicted octanol–water partition coefficient (Wildman–Crippen LogP) is 4.46. The van der Waals surface area contributed by atoms with E-state index in [-0.39, 0.29) is 20.6 Å². The first kappa shape index (κ1) is 23.4. The number of fused-ring (bicyclic) bond motifs is 1. The molecule has 0 radical (unpaired) electrons. The van der Waals surface area contributed by atoms with Gasteiger partial charge in [0.25, 0.3) is 20.0 Å². The van der Waals surface area contributed by atoms with E-state index >= 15 is 0 Å². The van der Waals surface area contributed by atoms with Crippen LogP contribution in [0.25, 0.3) is 10.8 Å². The zero-order chi connectivity index (χ0) is 24.3. The van der Waals surface area contributed by atoms with Gasteiger partial charge in [-0.3, -0.25) is 9.44 Å². The Labute approximate surface area is 198 Å². The molecule has 0 amide bonds. The number of rotatable bonds is 8. The van der Waals surface area contributed by atoms with Gasteiger partial charge in [0.15, 0.2) is 0 Å². The van der Waals surface area contributed by atoms with Gasteiger partial charge in [-0.2, -0.15) is 0 Å². The van der Waals surface area contributed by atoms with Gasteiger partial charge < -0.3 is 9.47 Å². The van der Waals surface area contributed by atoms with E-state index in [4.69, 9.17) is 9.47 Å². The number of anilines is 2. The second-order valence-electron chi connectivity index (χ2n) is 7.28. The Morgan fingerprint density at radius 1 is 0.529 bits per heavy atom. The monoisotopic (exact) mass is 498 g/mol. The molecule has 0 aliphatic rings. The topological polar surface area (TPSA) is 111 Å². The van der Waals surface area contributed by atoms with E-state index in [0.717, 1.165) is 0 Å². The average Bonchev–Trinajstić information content (AvgIpc) is 2.83. The van der Waals surface area contributed by atoms with E-state index in [0.29, 0.717) is 22.9 Å². The largest absolute Gasteiger partial charge is 0.497 e. The molecule has 0 spiro atoms. The number of methoxy groups -OCH3 is 2. The summed E-state index contributed by atoms with van der Waals surface area (Å²) in [4.78, 5) is -0.0790. The second-order valence-corrected chi connectivity index (χ2v) is 10.6. The van der Waals surface area contributed by atoms with Gasteiger partial charge in [-0.25, -0.2) is 16.8 Å². The first-order valence-electron chi connectivity index (χ1n) is 10.1. The van der Waals surface area contributed by atoms with E-state index < -0.39 is 20.0 Å². The molecule has 176 valence electrons. The number of nitrogens with one attached hydrogen (secondary N) is 2. The Hall–Kier alpha value is -3.76. The van der Waals surface area contributed by atoms with Gasteiger partial charge in [0.2, 0.25) is 0 Å². The molecule has 4 aromatic rings. The van der Waals surface area contributed by atoms with Gasteiger partial charge in [0, 0.05) is 22.1 Å². The van der Waals surface area contributed by atoms with Crippen LogP contribution in [0.1, 0.15) is 0 Å². The molecular formula is C24H22N2O6S2. The number of ether oxygens (including phenoxy) is 2. The molecule has 0 saturated carbocycles. The summed E-state index contributed by atoms with van der Waals surface area (Å²) in [7, 11) is -4.98. The van der Waals surface area contributed by atoms with Gasteiger partial charge in [-0.05, 0) is 60.7 Å². The molecule has 0 bridgehead atoms. The maximum atomic E-state index is 13.2. The molecule has 0 fully saturated rings. The number of hydrogen-bond acceptors (Lipinski definition) is 6. The van der Waals surface area contributed by atoms with Crippen LogP contribution in [0, 0.1) is 0 Å². The fourth-order valence-corrected chi connectivity index (χ4v) is 6.02. The normalized spacial score (nSPS) is 11.7. The minimum Gasteiger partial charge on any atom is -0.497 e. The van der Waals surface area contributed by atoms with Crippen LogP contribution < -0.4 is 18.9 Å². The lowest BCUT2D eigenvalue weighted by molar-refractivity contribution is 0.415. The van der Waals surface area contributed by atoms with Gasteiger partial charge in [0.05, 0.1) is 24.0 Å². The van der Waals surface area contributed by atoms with Crippen LogP contribution in [-0.4, -0.2) is 31.1 Å². The summed E-state index contributed by atoms with van der Waals surface area (Å²) in [5, 5.41) is 0.558. The summed E-state index contributed by atoms with van der Waals surface area (Å²) < 4.78 is 67.9. The maximum absolute atomic E-state index is 13.2. The SMILES string of the molecule is COc1ccc(NS(=O)(=O)c2cccc3c(S(=O)(=O)Nc4ccc(OC)cc4)cccc23)cc1. The Morgan fingerprint density at radius 3 is 1.21 bits per heavy atom. The summed E-state index contributed by atoms with van der Waals surface area (Å²) in [6.45, 7) is 0. The third-order valence-corrected chi connectivity index (χ3v) is 7.98. The number of sulfonamides is 2. The molecule has 4 rings (SSSR count). The lowest BCUT2D eigenvalue weighted by atomic mass is 10.1. The summed E-state index contributed by atoms with van der Waals surface area (Å²) in [6.07, 6.45) is 0. The van der Waals surface area contributed by atoms with Gasteiger partial charge in [-0.15, -0.1) is 0 Å². The minimum absolute atomic E-state index is 0.0395. The Bertz CT molecular complexity index is 1410. The highest BCUT2D eigenvalue weighted by atomic mass is 32.2. The van der Waals surface area contributed by atoms with Crippen LogP contribution in [0.5, 0.6) is 11.5 Å². The molecule has 0 unspecified atom stereocenters. The first-order valence-corrected chi connectivity index (χ1v) is 13.1. The lowest BCUT2D eigenvalue weighted by Crippen LogP contribution is -2.15. The fourth-order valence-electron chi connectivity index (χ4n) is 3.46. The van der Waals surface area contributed by atoms with E-state index in [1.807, 2.05) is 0 Å². The van der Waals surface area contributed by atoms with Gasteiger partial charge in [0.1, 0.15) is 11.5 Å². The molecule has 34 heavy (non-hydrogen) atoms. The van der Waals surface area contributed by atoms with Crippen molar-refractivity contribution >= 4 is 42.2 Å². The van der Waals surface area contributed by atoms with Crippen LogP contribution in [0.2, 0.25) is 0 Å². The van der Waals surface area contributed by atoms with Gasteiger partial charge >= 0.3 is 0 Å². The van der Waals surface area contributed by atoms with Crippen molar-refractivity contribution in [3.63, 3.8) is 0 Å². The number of hydrogen-bond donors (Lipinski definition) is 2. The molecular weight excluding hydrogens is 476 g/mol. The van der Waals surface area contributed by atoms with Crippen molar-refractivity contribution in [2.75, 3.05) is 23.7 Å². The molecule has 0 atom stereocenters. The minimum atomic E-state index is -4.01. The Kier molecular flexibility index (Phi) is 6.36. The van der Waals surface area contributed by atoms with Crippen LogP contribution in [0.4, 0.5) is 11.4 Å². The second kappa shape index (κ2) is 9.24. The first-order chi connectivity index (χ1) is 16.2. The van der Waals surface area contributed by atoms with Crippen molar-refractivity contribution in [2.24, 2.45) is 0 Å². The maximum Gasteiger partial charge on any atom is 0.262 e. The lowest BCUT2D eigenvalue weighted by Gasteiger charge is -2.14. The quantitative estimate of drug-likeness (QED) is 0.371. The van der Waals surface area contributed by atoms with Crippen molar-refractivity contribution in [1.82, 2.24) is 0 Å². The van der Waals surface area contributed by atoms with E-state index in [1.165, 1.54) is 38.5 Å². The van der Waals surface area contributed by atoms with Crippen LogP contribution >= 0.6 is 0 Å². The standard InChI is InChI=1S/C24H22N2O6S2/c1-31-19-13-9-17(10-14-19)25-33(27,28)23-7-3-6-22-21(23)5-4-8-24(22)34(29,30)26-18-11-15-20(32-2)16-12-18/h3-16,25-26H,1-2H3. The summed E-state index contributed by atoms with van der Waals surface area (Å²) in [6, 6.07) is 21.9. The van der Waals surface area contributed by atoms with E-state index in [9.17, 15) is 16.8 Å². The van der Waals surface area contributed by atoms with Crippen LogP contribution in [0.3, 0.4) is 0 Å². The van der Waals surface area contributed by atoms with Crippen LogP contribution in [0.15, 0.2) is 94.7 Å². The predicted molar refractivity (Wildman–Crippen MR) is 132 cm³/mol. The highest BCUT2D eigenvalue weighted by molar-refractivity contribution is 7.93. The van der Waals surface area contributed by atoms with E-state index in [1.54, 1.807) is 60.7 Å². The Morgan fingerprint density at radius 2 is 0.882 bits per heavy atom.